The summed E-state index contributed by atoms with van der Waals surface area (Å²) in [4.78, 5) is 11.0. The van der Waals surface area contributed by atoms with Gasteiger partial charge in [-0.25, -0.2) is 0 Å². The van der Waals surface area contributed by atoms with E-state index in [1.165, 1.54) is 0 Å². The Kier molecular flexibility index (Phi) is 1.97. The lowest BCUT2D eigenvalue weighted by molar-refractivity contribution is -0.150. The van der Waals surface area contributed by atoms with Crippen LogP contribution < -0.4 is 0 Å². The molecule has 0 bridgehead atoms. The van der Waals surface area contributed by atoms with Crippen LogP contribution in [0.15, 0.2) is 0 Å². The van der Waals surface area contributed by atoms with Crippen molar-refractivity contribution in [2.45, 2.75) is 40.5 Å². The monoisotopic (exact) mass is 170 g/mol. The van der Waals surface area contributed by atoms with Crippen LogP contribution in [0, 0.1) is 16.7 Å². The molecule has 2 atom stereocenters. The fourth-order valence-electron chi connectivity index (χ4n) is 2.58. The van der Waals surface area contributed by atoms with Gasteiger partial charge in [-0.2, -0.15) is 0 Å². The predicted octanol–water partition coefficient (Wildman–Crippen LogP) is 2.53. The van der Waals surface area contributed by atoms with Gasteiger partial charge in [0, 0.05) is 0 Å². The van der Waals surface area contributed by atoms with E-state index >= 15 is 0 Å². The van der Waals surface area contributed by atoms with Crippen molar-refractivity contribution >= 4 is 5.97 Å². The summed E-state index contributed by atoms with van der Waals surface area (Å²) in [6, 6.07) is 0. The van der Waals surface area contributed by atoms with Crippen molar-refractivity contribution in [3.05, 3.63) is 0 Å². The number of carboxylic acids is 1. The Bertz CT molecular complexity index is 208. The number of hydrogen-bond donors (Lipinski definition) is 1. The Morgan fingerprint density at radius 1 is 1.42 bits per heavy atom. The van der Waals surface area contributed by atoms with Gasteiger partial charge in [0.2, 0.25) is 0 Å². The zero-order valence-corrected chi connectivity index (χ0v) is 8.35. The molecule has 0 saturated heterocycles. The molecule has 0 spiro atoms. The van der Waals surface area contributed by atoms with E-state index < -0.39 is 11.4 Å². The van der Waals surface area contributed by atoms with Crippen LogP contribution in [0.2, 0.25) is 0 Å². The second-order valence-corrected chi connectivity index (χ2v) is 5.17. The van der Waals surface area contributed by atoms with Crippen molar-refractivity contribution in [1.82, 2.24) is 0 Å². The molecule has 1 aliphatic carbocycles. The summed E-state index contributed by atoms with van der Waals surface area (Å²) in [6.45, 7) is 8.22. The van der Waals surface area contributed by atoms with Crippen molar-refractivity contribution in [2.24, 2.45) is 16.7 Å². The van der Waals surface area contributed by atoms with Crippen LogP contribution in [-0.4, -0.2) is 11.1 Å². The highest BCUT2D eigenvalue weighted by molar-refractivity contribution is 5.75. The van der Waals surface area contributed by atoms with Crippen LogP contribution >= 0.6 is 0 Å². The molecule has 0 heterocycles. The third kappa shape index (κ3) is 1.35. The molecule has 0 aromatic rings. The predicted molar refractivity (Wildman–Crippen MR) is 47.9 cm³/mol. The minimum atomic E-state index is -0.638. The van der Waals surface area contributed by atoms with E-state index in [0.29, 0.717) is 5.92 Å². The number of aliphatic carboxylic acids is 1. The summed E-state index contributed by atoms with van der Waals surface area (Å²) in [5.41, 5.74) is -0.296. The van der Waals surface area contributed by atoms with Gasteiger partial charge in [-0.05, 0) is 31.1 Å². The second-order valence-electron chi connectivity index (χ2n) is 5.17. The molecule has 0 aromatic carbocycles. The molecule has 0 radical (unpaired) electrons. The Morgan fingerprint density at radius 2 is 1.92 bits per heavy atom. The minimum absolute atomic E-state index is 0.201. The molecule has 12 heavy (non-hydrogen) atoms. The summed E-state index contributed by atoms with van der Waals surface area (Å²) in [6.07, 6.45) is 1.83. The van der Waals surface area contributed by atoms with Gasteiger partial charge in [0.05, 0.1) is 5.41 Å². The Morgan fingerprint density at radius 3 is 2.08 bits per heavy atom. The van der Waals surface area contributed by atoms with Crippen molar-refractivity contribution < 1.29 is 9.90 Å². The first-order valence-electron chi connectivity index (χ1n) is 4.51. The van der Waals surface area contributed by atoms with Gasteiger partial charge in [-0.15, -0.1) is 0 Å². The number of carbonyl (C=O) groups is 1. The highest BCUT2D eigenvalue weighted by Gasteiger charge is 2.50. The van der Waals surface area contributed by atoms with Crippen LogP contribution in [0.4, 0.5) is 0 Å². The molecule has 1 rings (SSSR count). The normalized spacial score (nSPS) is 39.8. The van der Waals surface area contributed by atoms with E-state index in [-0.39, 0.29) is 5.41 Å². The summed E-state index contributed by atoms with van der Waals surface area (Å²) >= 11 is 0. The van der Waals surface area contributed by atoms with E-state index in [2.05, 4.69) is 13.8 Å². The molecule has 0 unspecified atom stereocenters. The first-order chi connectivity index (χ1) is 5.28. The highest BCUT2D eigenvalue weighted by Crippen LogP contribution is 2.52. The topological polar surface area (TPSA) is 37.3 Å². The molecule has 1 N–H and O–H groups in total. The fraction of sp³-hybridized carbons (Fsp3) is 0.900. The standard InChI is InChI=1S/C10H18O2/c1-7-5-9(2,3)6-10(7,4)8(11)12/h7H,5-6H2,1-4H3,(H,11,12)/t7-,10-/m1/s1. The van der Waals surface area contributed by atoms with Crippen molar-refractivity contribution in [2.75, 3.05) is 0 Å². The Balaban J connectivity index is 2.89. The van der Waals surface area contributed by atoms with E-state index in [9.17, 15) is 4.79 Å². The molecule has 0 aromatic heterocycles. The molecular weight excluding hydrogens is 152 g/mol. The summed E-state index contributed by atoms with van der Waals surface area (Å²) < 4.78 is 0. The maximum atomic E-state index is 11.0. The van der Waals surface area contributed by atoms with Crippen molar-refractivity contribution in [3.63, 3.8) is 0 Å². The number of hydrogen-bond acceptors (Lipinski definition) is 1. The van der Waals surface area contributed by atoms with Gasteiger partial charge < -0.3 is 5.11 Å². The van der Waals surface area contributed by atoms with E-state index in [0.717, 1.165) is 12.8 Å². The Hall–Kier alpha value is -0.530. The molecule has 2 nitrogen and oxygen atoms in total. The lowest BCUT2D eigenvalue weighted by Gasteiger charge is -2.24. The van der Waals surface area contributed by atoms with Gasteiger partial charge in [-0.3, -0.25) is 4.79 Å². The van der Waals surface area contributed by atoms with Crippen LogP contribution in [0.5, 0.6) is 0 Å². The molecule has 70 valence electrons. The van der Waals surface area contributed by atoms with Gasteiger partial charge in [0.25, 0.3) is 0 Å². The third-order valence-electron chi connectivity index (χ3n) is 3.28. The largest absolute Gasteiger partial charge is 0.481 e. The van der Waals surface area contributed by atoms with Crippen molar-refractivity contribution in [3.8, 4) is 0 Å². The highest BCUT2D eigenvalue weighted by atomic mass is 16.4. The van der Waals surface area contributed by atoms with Gasteiger partial charge in [0.1, 0.15) is 0 Å². The van der Waals surface area contributed by atoms with E-state index in [1.807, 2.05) is 13.8 Å². The molecule has 1 aliphatic rings. The number of carboxylic acid groups (broad SMARTS) is 1. The van der Waals surface area contributed by atoms with Crippen LogP contribution in [0.3, 0.4) is 0 Å². The van der Waals surface area contributed by atoms with E-state index in [4.69, 9.17) is 5.11 Å². The molecule has 1 saturated carbocycles. The SMILES string of the molecule is C[C@@H]1CC(C)(C)C[C@@]1(C)C(=O)O. The maximum Gasteiger partial charge on any atom is 0.309 e. The molecule has 0 aliphatic heterocycles. The molecule has 1 fully saturated rings. The zero-order valence-electron chi connectivity index (χ0n) is 8.35. The van der Waals surface area contributed by atoms with Gasteiger partial charge in [-0.1, -0.05) is 20.8 Å². The first-order valence-corrected chi connectivity index (χ1v) is 4.51. The van der Waals surface area contributed by atoms with Crippen LogP contribution in [0.1, 0.15) is 40.5 Å². The molecule has 0 amide bonds. The number of rotatable bonds is 1. The zero-order chi connectivity index (χ0) is 9.57. The summed E-state index contributed by atoms with van der Waals surface area (Å²) in [7, 11) is 0. The second kappa shape index (κ2) is 2.48. The van der Waals surface area contributed by atoms with Crippen LogP contribution in [-0.2, 0) is 4.79 Å². The third-order valence-corrected chi connectivity index (χ3v) is 3.28. The fourth-order valence-corrected chi connectivity index (χ4v) is 2.58. The summed E-state index contributed by atoms with van der Waals surface area (Å²) in [5.74, 6) is -0.342. The summed E-state index contributed by atoms with van der Waals surface area (Å²) in [5, 5.41) is 9.08. The molecular formula is C10H18O2. The Labute approximate surface area is 74.0 Å². The average Bonchev–Trinajstić information content (AvgIpc) is 2.03. The van der Waals surface area contributed by atoms with Gasteiger partial charge in [0.15, 0.2) is 0 Å². The van der Waals surface area contributed by atoms with Gasteiger partial charge >= 0.3 is 5.97 Å². The maximum absolute atomic E-state index is 11.0. The lowest BCUT2D eigenvalue weighted by Crippen LogP contribution is -2.30. The van der Waals surface area contributed by atoms with Crippen LogP contribution in [0.25, 0.3) is 0 Å². The van der Waals surface area contributed by atoms with Crippen molar-refractivity contribution in [1.29, 1.82) is 0 Å². The average molecular weight is 170 g/mol. The van der Waals surface area contributed by atoms with E-state index in [1.54, 1.807) is 0 Å². The smallest absolute Gasteiger partial charge is 0.309 e. The first kappa shape index (κ1) is 9.56. The lowest BCUT2D eigenvalue weighted by atomic mass is 9.80. The quantitative estimate of drug-likeness (QED) is 0.656. The molecule has 2 heteroatoms. The minimum Gasteiger partial charge on any atom is -0.481 e.